The van der Waals surface area contributed by atoms with E-state index in [1.807, 2.05) is 0 Å². The highest BCUT2D eigenvalue weighted by atomic mass is 35.5. The fraction of sp³-hybridized carbons (Fsp3) is 0.444. The number of urea groups is 1. The van der Waals surface area contributed by atoms with Crippen molar-refractivity contribution in [3.05, 3.63) is 53.1 Å². The summed E-state index contributed by atoms with van der Waals surface area (Å²) in [6.45, 7) is 6.66. The number of allylic oxidation sites excluding steroid dienone is 1. The fourth-order valence-electron chi connectivity index (χ4n) is 4.76. The molecule has 1 aliphatic heterocycles. The van der Waals surface area contributed by atoms with Crippen molar-refractivity contribution in [2.24, 2.45) is 17.9 Å². The van der Waals surface area contributed by atoms with E-state index >= 15 is 0 Å². The molecule has 43 heavy (non-hydrogen) atoms. The summed E-state index contributed by atoms with van der Waals surface area (Å²) >= 11 is 6.40. The van der Waals surface area contributed by atoms with Crippen LogP contribution in [0.4, 0.5) is 23.7 Å². The first-order valence-electron chi connectivity index (χ1n) is 13.6. The van der Waals surface area contributed by atoms with Gasteiger partial charge in [0.15, 0.2) is 11.5 Å². The summed E-state index contributed by atoms with van der Waals surface area (Å²) in [6.07, 6.45) is -2.17. The predicted molar refractivity (Wildman–Crippen MR) is 156 cm³/mol. The Balaban J connectivity index is 1.37. The van der Waals surface area contributed by atoms with Crippen molar-refractivity contribution < 1.29 is 27.6 Å². The summed E-state index contributed by atoms with van der Waals surface area (Å²) in [5.74, 6) is -1.22. The number of carbonyl (C=O) groups is 3. The van der Waals surface area contributed by atoms with Crippen molar-refractivity contribution >= 4 is 46.4 Å². The van der Waals surface area contributed by atoms with Gasteiger partial charge >= 0.3 is 12.2 Å². The Morgan fingerprint density at radius 3 is 2.40 bits per heavy atom. The molecule has 4 amide bonds. The molecular weight excluding hydrogens is 591 g/mol. The predicted octanol–water partition coefficient (Wildman–Crippen LogP) is 2.82. The molecule has 0 spiro atoms. The number of piperazine rings is 1. The van der Waals surface area contributed by atoms with Gasteiger partial charge in [-0.25, -0.2) is 9.78 Å². The summed E-state index contributed by atoms with van der Waals surface area (Å²) in [7, 11) is 1.38. The lowest BCUT2D eigenvalue weighted by Gasteiger charge is -2.38. The van der Waals surface area contributed by atoms with Crippen molar-refractivity contribution in [2.45, 2.75) is 38.0 Å². The normalized spacial score (nSPS) is 19.0. The first kappa shape index (κ1) is 31.8. The first-order chi connectivity index (χ1) is 20.3. The van der Waals surface area contributed by atoms with E-state index in [1.54, 1.807) is 16.7 Å². The molecule has 5 N–H and O–H groups in total. The number of anilines is 1. The number of amides is 4. The maximum absolute atomic E-state index is 13.5. The number of alkyl halides is 3. The number of nitrogens with one attached hydrogen (secondary N) is 3. The van der Waals surface area contributed by atoms with Gasteiger partial charge in [-0.05, 0) is 38.0 Å². The molecule has 1 saturated heterocycles. The monoisotopic (exact) mass is 623 g/mol. The number of halogens is 4. The van der Waals surface area contributed by atoms with Gasteiger partial charge in [-0.2, -0.15) is 18.3 Å². The van der Waals surface area contributed by atoms with Crippen molar-refractivity contribution in [3.8, 4) is 0 Å². The van der Waals surface area contributed by atoms with Gasteiger partial charge in [-0.1, -0.05) is 18.2 Å². The highest BCUT2D eigenvalue weighted by Gasteiger charge is 2.39. The molecule has 2 aromatic rings. The molecule has 1 aromatic carbocycles. The number of hydrogen-bond acceptors (Lipinski definition) is 7. The average Bonchev–Trinajstić information content (AvgIpc) is 3.32. The molecule has 1 aliphatic carbocycles. The first-order valence-corrected chi connectivity index (χ1v) is 14.0. The van der Waals surface area contributed by atoms with E-state index in [9.17, 15) is 27.6 Å². The summed E-state index contributed by atoms with van der Waals surface area (Å²) in [6, 6.07) is 4.39. The van der Waals surface area contributed by atoms with E-state index in [-0.39, 0.29) is 58.4 Å². The fourth-order valence-corrected chi connectivity index (χ4v) is 5.03. The molecule has 16 heteroatoms. The van der Waals surface area contributed by atoms with Crippen LogP contribution in [0.5, 0.6) is 0 Å². The molecule has 0 atom stereocenters. The van der Waals surface area contributed by atoms with Crippen molar-refractivity contribution in [2.75, 3.05) is 38.0 Å². The minimum atomic E-state index is -4.78. The quantitative estimate of drug-likeness (QED) is 0.262. The smallest absolute Gasteiger partial charge is 0.335 e. The summed E-state index contributed by atoms with van der Waals surface area (Å²) in [5.41, 5.74) is 6.76. The molecule has 0 bridgehead atoms. The van der Waals surface area contributed by atoms with Crippen LogP contribution in [-0.2, 0) is 7.05 Å². The SMILES string of the molecule is C=C(/C(=N\NCC)C(F)(F)F)c1cnc(C(=O)Nc2ccc(C(=O)N3CCN(C(=O)N[C@H]4C[C@@H](N)C4)CC3)c(Cl)c2)n1C. The molecule has 12 nitrogen and oxygen atoms in total. The standard InChI is InChI=1S/C27H33ClF3N9O3/c1-4-34-37-22(27(29,30)31)15(2)21-14-33-23(38(21)3)24(41)35-17-5-6-19(20(28)13-17)25(42)39-7-9-40(10-8-39)26(43)36-18-11-16(32)12-18/h5-6,13-14,16,18,34H,2,4,7-12,32H2,1,3H3,(H,35,41)(H,36,43)/b37-22+/t16-,18+. The summed E-state index contributed by atoms with van der Waals surface area (Å²) in [4.78, 5) is 45.7. The van der Waals surface area contributed by atoms with E-state index < -0.39 is 23.4 Å². The van der Waals surface area contributed by atoms with Crippen LogP contribution in [0.3, 0.4) is 0 Å². The Kier molecular flexibility index (Phi) is 9.65. The Hall–Kier alpha value is -4.11. The number of imidazole rings is 1. The van der Waals surface area contributed by atoms with Gasteiger partial charge in [-0.15, -0.1) is 0 Å². The van der Waals surface area contributed by atoms with E-state index in [1.165, 1.54) is 29.8 Å². The van der Waals surface area contributed by atoms with Crippen LogP contribution in [-0.4, -0.2) is 93.9 Å². The van der Waals surface area contributed by atoms with Gasteiger partial charge in [0.05, 0.1) is 22.5 Å². The topological polar surface area (TPSA) is 150 Å². The van der Waals surface area contributed by atoms with Crippen molar-refractivity contribution in [1.82, 2.24) is 30.1 Å². The van der Waals surface area contributed by atoms with Crippen molar-refractivity contribution in [1.29, 1.82) is 0 Å². The largest absolute Gasteiger partial charge is 0.435 e. The lowest BCUT2D eigenvalue weighted by molar-refractivity contribution is -0.0575. The van der Waals surface area contributed by atoms with Gasteiger partial charge in [0.1, 0.15) is 0 Å². The number of nitrogens with zero attached hydrogens (tertiary/aromatic N) is 5. The Morgan fingerprint density at radius 1 is 1.16 bits per heavy atom. The molecule has 232 valence electrons. The second-order valence-corrected chi connectivity index (χ2v) is 10.7. The molecule has 2 aliphatic rings. The molecule has 4 rings (SSSR count). The third-order valence-corrected chi connectivity index (χ3v) is 7.53. The van der Waals surface area contributed by atoms with Gasteiger partial charge in [-0.3, -0.25) is 9.59 Å². The number of rotatable bonds is 8. The minimum Gasteiger partial charge on any atom is -0.335 e. The number of benzene rings is 1. The number of nitrogens with two attached hydrogens (primary N) is 1. The molecule has 1 aromatic heterocycles. The number of aromatic nitrogens is 2. The van der Waals surface area contributed by atoms with Gasteiger partial charge < -0.3 is 36.2 Å². The van der Waals surface area contributed by atoms with E-state index in [0.717, 1.165) is 19.0 Å². The maximum Gasteiger partial charge on any atom is 0.435 e. The molecule has 0 unspecified atom stereocenters. The van der Waals surface area contributed by atoms with Crippen LogP contribution in [0.15, 0.2) is 36.1 Å². The third kappa shape index (κ3) is 7.28. The van der Waals surface area contributed by atoms with E-state index in [2.05, 4.69) is 32.7 Å². The van der Waals surface area contributed by atoms with Crippen LogP contribution in [0.2, 0.25) is 5.02 Å². The van der Waals surface area contributed by atoms with E-state index in [4.69, 9.17) is 17.3 Å². The molecule has 1 saturated carbocycles. The van der Waals surface area contributed by atoms with Crippen LogP contribution >= 0.6 is 11.6 Å². The third-order valence-electron chi connectivity index (χ3n) is 7.22. The van der Waals surface area contributed by atoms with Crippen molar-refractivity contribution in [3.63, 3.8) is 0 Å². The maximum atomic E-state index is 13.5. The minimum absolute atomic E-state index is 0.0529. The number of hydrogen-bond donors (Lipinski definition) is 4. The van der Waals surface area contributed by atoms with Gasteiger partial charge in [0, 0.05) is 63.1 Å². The average molecular weight is 624 g/mol. The molecule has 2 heterocycles. The van der Waals surface area contributed by atoms with Crippen LogP contribution in [0.25, 0.3) is 5.57 Å². The molecule has 2 fully saturated rings. The van der Waals surface area contributed by atoms with Crippen LogP contribution < -0.4 is 21.8 Å². The summed E-state index contributed by atoms with van der Waals surface area (Å²) < 4.78 is 41.7. The van der Waals surface area contributed by atoms with Crippen LogP contribution in [0, 0.1) is 0 Å². The summed E-state index contributed by atoms with van der Waals surface area (Å²) in [5, 5.41) is 9.01. The number of carbonyl (C=O) groups excluding carboxylic acids is 3. The zero-order valence-electron chi connectivity index (χ0n) is 23.7. The zero-order valence-corrected chi connectivity index (χ0v) is 24.4. The Labute approximate surface area is 251 Å². The van der Waals surface area contributed by atoms with Crippen LogP contribution in [0.1, 0.15) is 46.4 Å². The highest BCUT2D eigenvalue weighted by molar-refractivity contribution is 6.34. The number of hydrazone groups is 1. The lowest BCUT2D eigenvalue weighted by atomic mass is 9.88. The Bertz CT molecular complexity index is 1430. The van der Waals surface area contributed by atoms with Gasteiger partial charge in [0.25, 0.3) is 11.8 Å². The van der Waals surface area contributed by atoms with E-state index in [0.29, 0.717) is 26.2 Å². The molecule has 0 radical (unpaired) electrons. The zero-order chi connectivity index (χ0) is 31.5. The molecular formula is C27H33ClF3N9O3. The lowest BCUT2D eigenvalue weighted by Crippen LogP contribution is -2.57. The second-order valence-electron chi connectivity index (χ2n) is 10.3. The highest BCUT2D eigenvalue weighted by Crippen LogP contribution is 2.28. The second kappa shape index (κ2) is 13.0. The Morgan fingerprint density at radius 2 is 1.81 bits per heavy atom. The van der Waals surface area contributed by atoms with Gasteiger partial charge in [0.2, 0.25) is 0 Å².